The fourth-order valence-corrected chi connectivity index (χ4v) is 4.83. The largest absolute Gasteiger partial charge is 0.492 e. The van der Waals surface area contributed by atoms with E-state index in [0.29, 0.717) is 6.61 Å². The number of carboxylic acid groups (broad SMARTS) is 1. The van der Waals surface area contributed by atoms with Gasteiger partial charge in [0.15, 0.2) is 0 Å². The summed E-state index contributed by atoms with van der Waals surface area (Å²) in [5, 5.41) is 9.08. The predicted molar refractivity (Wildman–Crippen MR) is 114 cm³/mol. The lowest BCUT2D eigenvalue weighted by atomic mass is 9.82. The number of carbonyl (C=O) groups is 1. The Morgan fingerprint density at radius 3 is 2.73 bits per heavy atom. The van der Waals surface area contributed by atoms with E-state index in [1.807, 2.05) is 18.2 Å². The van der Waals surface area contributed by atoms with Crippen molar-refractivity contribution in [1.82, 2.24) is 0 Å². The molecule has 160 valence electrons. The lowest BCUT2D eigenvalue weighted by Crippen LogP contribution is -2.21. The van der Waals surface area contributed by atoms with Crippen LogP contribution in [0.15, 0.2) is 36.4 Å². The highest BCUT2D eigenvalue weighted by atomic mass is 16.5. The molecule has 2 aliphatic rings. The molecular formula is C25H30O5. The molecule has 1 heterocycles. The molecule has 0 saturated heterocycles. The van der Waals surface area contributed by atoms with Crippen LogP contribution in [0.1, 0.15) is 74.0 Å². The van der Waals surface area contributed by atoms with Gasteiger partial charge in [0, 0.05) is 24.7 Å². The van der Waals surface area contributed by atoms with Gasteiger partial charge in [-0.1, -0.05) is 45.0 Å². The molecular weight excluding hydrogens is 380 g/mol. The summed E-state index contributed by atoms with van der Waals surface area (Å²) in [6.07, 6.45) is 2.00. The summed E-state index contributed by atoms with van der Waals surface area (Å²) in [5.74, 6) is 0.592. The van der Waals surface area contributed by atoms with Crippen LogP contribution in [-0.2, 0) is 16.0 Å². The number of rotatable bonds is 6. The first-order valence-electron chi connectivity index (χ1n) is 10.6. The Hall–Kier alpha value is -2.53. The first kappa shape index (κ1) is 20.7. The smallest absolute Gasteiger partial charge is 0.304 e. The topological polar surface area (TPSA) is 65.0 Å². The molecule has 0 radical (unpaired) electrons. The maximum atomic E-state index is 11.0. The molecule has 0 aromatic heterocycles. The molecule has 0 spiro atoms. The van der Waals surface area contributed by atoms with Crippen molar-refractivity contribution in [3.63, 3.8) is 0 Å². The molecule has 0 amide bonds. The average Bonchev–Trinajstić information content (AvgIpc) is 3.26. The molecule has 5 heteroatoms. The Balaban J connectivity index is 1.56. The van der Waals surface area contributed by atoms with Gasteiger partial charge >= 0.3 is 5.97 Å². The molecule has 4 rings (SSSR count). The third-order valence-electron chi connectivity index (χ3n) is 6.12. The molecule has 30 heavy (non-hydrogen) atoms. The predicted octanol–water partition coefficient (Wildman–Crippen LogP) is 5.44. The summed E-state index contributed by atoms with van der Waals surface area (Å²) in [5.41, 5.74) is 4.77. The Kier molecular flexibility index (Phi) is 5.49. The van der Waals surface area contributed by atoms with Gasteiger partial charge in [0.2, 0.25) is 0 Å². The zero-order valence-corrected chi connectivity index (χ0v) is 18.1. The Labute approximate surface area is 178 Å². The molecule has 2 aromatic carbocycles. The zero-order valence-electron chi connectivity index (χ0n) is 18.1. The highest BCUT2D eigenvalue weighted by Crippen LogP contribution is 2.45. The van der Waals surface area contributed by atoms with Crippen LogP contribution in [0.5, 0.6) is 11.5 Å². The van der Waals surface area contributed by atoms with Gasteiger partial charge in [-0.25, -0.2) is 0 Å². The molecule has 0 saturated carbocycles. The van der Waals surface area contributed by atoms with Crippen LogP contribution in [-0.4, -0.2) is 24.8 Å². The van der Waals surface area contributed by atoms with Gasteiger partial charge < -0.3 is 19.3 Å². The first-order valence-corrected chi connectivity index (χ1v) is 10.6. The van der Waals surface area contributed by atoms with Crippen LogP contribution in [0.25, 0.3) is 0 Å². The summed E-state index contributed by atoms with van der Waals surface area (Å²) in [6.45, 7) is 7.01. The minimum Gasteiger partial charge on any atom is -0.492 e. The number of benzene rings is 2. The summed E-state index contributed by atoms with van der Waals surface area (Å²) < 4.78 is 18.0. The van der Waals surface area contributed by atoms with Crippen molar-refractivity contribution in [3.05, 3.63) is 58.7 Å². The normalized spacial score (nSPS) is 20.9. The van der Waals surface area contributed by atoms with Gasteiger partial charge in [-0.05, 0) is 41.0 Å². The highest BCUT2D eigenvalue weighted by Gasteiger charge is 2.33. The second-order valence-corrected chi connectivity index (χ2v) is 9.35. The standard InChI is InChI=1S/C25H30O5/c1-25(2,3)24(28-4)20-7-5-6-19-18(20)10-11-21(19)30-16-8-9-17-15(12-23(26)27)14-29-22(17)13-16/h5-9,13,15,21,24H,10-12,14H2,1-4H3,(H,26,27). The SMILES string of the molecule is COC(c1cccc2c1CCC2Oc1ccc2c(c1)OCC2CC(=O)O)C(C)(C)C. The van der Waals surface area contributed by atoms with Crippen molar-refractivity contribution in [2.45, 2.75) is 58.2 Å². The van der Waals surface area contributed by atoms with Crippen molar-refractivity contribution in [2.24, 2.45) is 5.41 Å². The lowest BCUT2D eigenvalue weighted by Gasteiger charge is -2.31. The van der Waals surface area contributed by atoms with Crippen LogP contribution >= 0.6 is 0 Å². The Bertz CT molecular complexity index is 943. The van der Waals surface area contributed by atoms with E-state index in [9.17, 15) is 4.79 Å². The molecule has 3 unspecified atom stereocenters. The summed E-state index contributed by atoms with van der Waals surface area (Å²) in [6, 6.07) is 12.2. The van der Waals surface area contributed by atoms with Crippen LogP contribution in [0.3, 0.4) is 0 Å². The number of hydrogen-bond acceptors (Lipinski definition) is 4. The summed E-state index contributed by atoms with van der Waals surface area (Å²) >= 11 is 0. The second-order valence-electron chi connectivity index (χ2n) is 9.35. The molecule has 1 aliphatic carbocycles. The monoisotopic (exact) mass is 410 g/mol. The van der Waals surface area contributed by atoms with Gasteiger partial charge in [-0.2, -0.15) is 0 Å². The molecule has 1 N–H and O–H groups in total. The number of methoxy groups -OCH3 is 1. The van der Waals surface area contributed by atoms with Crippen molar-refractivity contribution < 1.29 is 24.1 Å². The third kappa shape index (κ3) is 3.91. The number of hydrogen-bond donors (Lipinski definition) is 1. The minimum absolute atomic E-state index is 0.00658. The maximum Gasteiger partial charge on any atom is 0.304 e. The molecule has 0 bridgehead atoms. The Morgan fingerprint density at radius 1 is 1.23 bits per heavy atom. The summed E-state index contributed by atoms with van der Waals surface area (Å²) in [7, 11) is 1.78. The van der Waals surface area contributed by atoms with Gasteiger partial charge in [0.05, 0.1) is 19.1 Å². The molecule has 5 nitrogen and oxygen atoms in total. The fraction of sp³-hybridized carbons (Fsp3) is 0.480. The van der Waals surface area contributed by atoms with Gasteiger partial charge in [-0.15, -0.1) is 0 Å². The van der Waals surface area contributed by atoms with Crippen molar-refractivity contribution in [2.75, 3.05) is 13.7 Å². The zero-order chi connectivity index (χ0) is 21.5. The number of ether oxygens (including phenoxy) is 3. The number of fused-ring (bicyclic) bond motifs is 2. The van der Waals surface area contributed by atoms with E-state index in [2.05, 4.69) is 39.0 Å². The summed E-state index contributed by atoms with van der Waals surface area (Å²) in [4.78, 5) is 11.0. The molecule has 0 fully saturated rings. The average molecular weight is 411 g/mol. The number of aliphatic carboxylic acids is 1. The highest BCUT2D eigenvalue weighted by molar-refractivity contribution is 5.68. The molecule has 2 aromatic rings. The van der Waals surface area contributed by atoms with E-state index >= 15 is 0 Å². The van der Waals surface area contributed by atoms with E-state index in [0.717, 1.165) is 29.9 Å². The van der Waals surface area contributed by atoms with E-state index in [1.54, 1.807) is 7.11 Å². The first-order chi connectivity index (χ1) is 14.3. The van der Waals surface area contributed by atoms with E-state index < -0.39 is 5.97 Å². The van der Waals surface area contributed by atoms with E-state index in [4.69, 9.17) is 19.3 Å². The fourth-order valence-electron chi connectivity index (χ4n) is 4.83. The number of carboxylic acids is 1. The quantitative estimate of drug-likeness (QED) is 0.687. The van der Waals surface area contributed by atoms with Crippen LogP contribution in [0.2, 0.25) is 0 Å². The van der Waals surface area contributed by atoms with E-state index in [1.165, 1.54) is 16.7 Å². The third-order valence-corrected chi connectivity index (χ3v) is 6.12. The minimum atomic E-state index is -0.806. The van der Waals surface area contributed by atoms with Crippen LogP contribution in [0, 0.1) is 5.41 Å². The van der Waals surface area contributed by atoms with E-state index in [-0.39, 0.29) is 30.0 Å². The van der Waals surface area contributed by atoms with Crippen molar-refractivity contribution in [3.8, 4) is 11.5 Å². The maximum absolute atomic E-state index is 11.0. The van der Waals surface area contributed by atoms with Crippen LogP contribution in [0.4, 0.5) is 0 Å². The molecule has 1 aliphatic heterocycles. The van der Waals surface area contributed by atoms with Gasteiger partial charge in [0.1, 0.15) is 17.6 Å². The van der Waals surface area contributed by atoms with Gasteiger partial charge in [0.25, 0.3) is 0 Å². The van der Waals surface area contributed by atoms with Gasteiger partial charge in [-0.3, -0.25) is 4.79 Å². The van der Waals surface area contributed by atoms with Crippen molar-refractivity contribution >= 4 is 5.97 Å². The molecule has 3 atom stereocenters. The Morgan fingerprint density at radius 2 is 2.03 bits per heavy atom. The van der Waals surface area contributed by atoms with Crippen molar-refractivity contribution in [1.29, 1.82) is 0 Å². The second kappa shape index (κ2) is 7.95. The lowest BCUT2D eigenvalue weighted by molar-refractivity contribution is -0.137. The van der Waals surface area contributed by atoms with Crippen LogP contribution < -0.4 is 9.47 Å².